The summed E-state index contributed by atoms with van der Waals surface area (Å²) in [6, 6.07) is 8.13. The van der Waals surface area contributed by atoms with E-state index in [2.05, 4.69) is 72.3 Å². The molecule has 3 heterocycles. The zero-order valence-electron chi connectivity index (χ0n) is 15.5. The average molecular weight is 362 g/mol. The summed E-state index contributed by atoms with van der Waals surface area (Å²) in [5.41, 5.74) is 3.40. The van der Waals surface area contributed by atoms with Crippen LogP contribution in [0.1, 0.15) is 11.1 Å². The van der Waals surface area contributed by atoms with Crippen LogP contribution >= 0.6 is 0 Å². The molecule has 2 aromatic heterocycles. The van der Waals surface area contributed by atoms with Crippen LogP contribution in [0.5, 0.6) is 0 Å². The van der Waals surface area contributed by atoms with E-state index in [1.165, 1.54) is 5.56 Å². The molecule has 3 aromatic rings. The summed E-state index contributed by atoms with van der Waals surface area (Å²) < 4.78 is 0. The van der Waals surface area contributed by atoms with Crippen LogP contribution in [0.25, 0.3) is 0 Å². The van der Waals surface area contributed by atoms with Crippen LogP contribution in [0.2, 0.25) is 0 Å². The first-order valence-corrected chi connectivity index (χ1v) is 9.00. The molecule has 0 saturated carbocycles. The summed E-state index contributed by atoms with van der Waals surface area (Å²) in [5.74, 6) is 2.10. The largest absolute Gasteiger partial charge is 0.339 e. The van der Waals surface area contributed by atoms with Gasteiger partial charge in [0.05, 0.1) is 6.20 Å². The number of aryl methyl sites for hydroxylation is 2. The lowest BCUT2D eigenvalue weighted by molar-refractivity contribution is 0.624. The molecule has 0 radical (unpaired) electrons. The van der Waals surface area contributed by atoms with E-state index in [0.29, 0.717) is 11.8 Å². The smallest absolute Gasteiger partial charge is 0.247 e. The first-order valence-electron chi connectivity index (χ1n) is 9.00. The molecule has 8 nitrogen and oxygen atoms in total. The third kappa shape index (κ3) is 3.94. The Labute approximate surface area is 158 Å². The van der Waals surface area contributed by atoms with Gasteiger partial charge in [-0.3, -0.25) is 0 Å². The Morgan fingerprint density at radius 3 is 2.37 bits per heavy atom. The number of nitrogens with one attached hydrogen (secondary N) is 1. The van der Waals surface area contributed by atoms with Crippen molar-refractivity contribution in [2.24, 2.45) is 0 Å². The molecule has 1 aliphatic heterocycles. The van der Waals surface area contributed by atoms with Crippen molar-refractivity contribution in [1.29, 1.82) is 0 Å². The van der Waals surface area contributed by atoms with E-state index in [0.717, 1.165) is 43.4 Å². The fourth-order valence-corrected chi connectivity index (χ4v) is 3.06. The van der Waals surface area contributed by atoms with Gasteiger partial charge in [-0.15, -0.1) is 5.10 Å². The zero-order valence-corrected chi connectivity index (χ0v) is 15.5. The van der Waals surface area contributed by atoms with Crippen molar-refractivity contribution in [3.63, 3.8) is 0 Å². The van der Waals surface area contributed by atoms with Gasteiger partial charge in [-0.2, -0.15) is 10.1 Å². The molecule has 0 atom stereocenters. The normalized spacial score (nSPS) is 14.3. The van der Waals surface area contributed by atoms with E-state index >= 15 is 0 Å². The highest BCUT2D eigenvalue weighted by Crippen LogP contribution is 2.21. The van der Waals surface area contributed by atoms with E-state index in [9.17, 15) is 0 Å². The number of benzene rings is 1. The van der Waals surface area contributed by atoms with Gasteiger partial charge in [0, 0.05) is 44.3 Å². The highest BCUT2D eigenvalue weighted by Gasteiger charge is 2.21. The minimum Gasteiger partial charge on any atom is -0.339 e. The predicted octanol–water partition coefficient (Wildman–Crippen LogP) is 2.35. The Morgan fingerprint density at radius 1 is 0.926 bits per heavy atom. The topological polar surface area (TPSA) is 83.0 Å². The molecule has 8 heteroatoms. The second kappa shape index (κ2) is 7.53. The Balaban J connectivity index is 1.45. The van der Waals surface area contributed by atoms with Gasteiger partial charge in [-0.05, 0) is 37.1 Å². The molecule has 0 unspecified atom stereocenters. The van der Waals surface area contributed by atoms with Crippen LogP contribution in [-0.4, -0.2) is 51.3 Å². The summed E-state index contributed by atoms with van der Waals surface area (Å²) in [6.45, 7) is 7.39. The van der Waals surface area contributed by atoms with Crippen molar-refractivity contribution in [2.45, 2.75) is 13.8 Å². The molecule has 1 aromatic carbocycles. The van der Waals surface area contributed by atoms with E-state index in [1.807, 2.05) is 6.07 Å². The SMILES string of the molecule is Cc1ccc(C)c(Nc2cnnc(N3CCN(c4ncccn4)CC3)n2)c1. The maximum absolute atomic E-state index is 4.65. The maximum Gasteiger partial charge on any atom is 0.247 e. The van der Waals surface area contributed by atoms with Gasteiger partial charge in [0.2, 0.25) is 11.9 Å². The molecule has 1 fully saturated rings. The third-order valence-electron chi connectivity index (χ3n) is 4.60. The molecule has 1 saturated heterocycles. The van der Waals surface area contributed by atoms with E-state index < -0.39 is 0 Å². The summed E-state index contributed by atoms with van der Waals surface area (Å²) in [7, 11) is 0. The van der Waals surface area contributed by atoms with E-state index in [1.54, 1.807) is 18.6 Å². The number of piperazine rings is 1. The Kier molecular flexibility index (Phi) is 4.78. The maximum atomic E-state index is 4.65. The lowest BCUT2D eigenvalue weighted by atomic mass is 10.1. The fourth-order valence-electron chi connectivity index (χ4n) is 3.06. The Morgan fingerprint density at radius 2 is 1.63 bits per heavy atom. The lowest BCUT2D eigenvalue weighted by Crippen LogP contribution is -2.47. The molecule has 138 valence electrons. The van der Waals surface area contributed by atoms with Gasteiger partial charge >= 0.3 is 0 Å². The quantitative estimate of drug-likeness (QED) is 0.757. The van der Waals surface area contributed by atoms with Crippen LogP contribution in [-0.2, 0) is 0 Å². The van der Waals surface area contributed by atoms with Gasteiger partial charge in [0.1, 0.15) is 0 Å². The van der Waals surface area contributed by atoms with Gasteiger partial charge < -0.3 is 15.1 Å². The van der Waals surface area contributed by atoms with Crippen molar-refractivity contribution in [3.8, 4) is 0 Å². The second-order valence-electron chi connectivity index (χ2n) is 6.61. The second-order valence-corrected chi connectivity index (χ2v) is 6.61. The van der Waals surface area contributed by atoms with Crippen molar-refractivity contribution < 1.29 is 0 Å². The minimum atomic E-state index is 0.638. The van der Waals surface area contributed by atoms with Gasteiger partial charge in [0.15, 0.2) is 5.82 Å². The van der Waals surface area contributed by atoms with Crippen LogP contribution in [0.4, 0.5) is 23.4 Å². The van der Waals surface area contributed by atoms with Crippen LogP contribution in [0.3, 0.4) is 0 Å². The highest BCUT2D eigenvalue weighted by molar-refractivity contribution is 5.61. The van der Waals surface area contributed by atoms with Crippen LogP contribution in [0.15, 0.2) is 42.9 Å². The van der Waals surface area contributed by atoms with E-state index in [4.69, 9.17) is 0 Å². The molecule has 0 spiro atoms. The molecule has 0 amide bonds. The number of rotatable bonds is 4. The third-order valence-corrected chi connectivity index (χ3v) is 4.60. The first-order chi connectivity index (χ1) is 13.2. The summed E-state index contributed by atoms with van der Waals surface area (Å²) in [6.07, 6.45) is 5.19. The molecule has 27 heavy (non-hydrogen) atoms. The first kappa shape index (κ1) is 17.1. The van der Waals surface area contributed by atoms with Crippen molar-refractivity contribution in [1.82, 2.24) is 25.1 Å². The van der Waals surface area contributed by atoms with Gasteiger partial charge in [-0.25, -0.2) is 9.97 Å². The predicted molar refractivity (Wildman–Crippen MR) is 105 cm³/mol. The monoisotopic (exact) mass is 362 g/mol. The molecule has 1 N–H and O–H groups in total. The molecular formula is C19H22N8. The van der Waals surface area contributed by atoms with Gasteiger partial charge in [0.25, 0.3) is 0 Å². The minimum absolute atomic E-state index is 0.638. The zero-order chi connectivity index (χ0) is 18.6. The summed E-state index contributed by atoms with van der Waals surface area (Å²) in [5, 5.41) is 11.7. The molecule has 1 aliphatic rings. The van der Waals surface area contributed by atoms with Crippen molar-refractivity contribution in [2.75, 3.05) is 41.3 Å². The number of hydrogen-bond acceptors (Lipinski definition) is 8. The number of aromatic nitrogens is 5. The van der Waals surface area contributed by atoms with E-state index in [-0.39, 0.29) is 0 Å². The fraction of sp³-hybridized carbons (Fsp3) is 0.316. The van der Waals surface area contributed by atoms with Crippen molar-refractivity contribution in [3.05, 3.63) is 54.0 Å². The summed E-state index contributed by atoms with van der Waals surface area (Å²) >= 11 is 0. The number of anilines is 4. The van der Waals surface area contributed by atoms with Crippen molar-refractivity contribution >= 4 is 23.4 Å². The molecule has 0 bridgehead atoms. The van der Waals surface area contributed by atoms with Crippen LogP contribution in [0, 0.1) is 13.8 Å². The Bertz CT molecular complexity index is 907. The molecule has 4 rings (SSSR count). The highest BCUT2D eigenvalue weighted by atomic mass is 15.4. The number of nitrogens with zero attached hydrogens (tertiary/aromatic N) is 7. The molecular weight excluding hydrogens is 340 g/mol. The lowest BCUT2D eigenvalue weighted by Gasteiger charge is -2.34. The standard InChI is InChI=1S/C19H22N8/c1-14-4-5-15(2)16(12-14)23-17-13-22-25-19(24-17)27-10-8-26(9-11-27)18-20-6-3-7-21-18/h3-7,12-13H,8-11H2,1-2H3,(H,23,24,25). The number of hydrogen-bond donors (Lipinski definition) is 1. The molecule has 0 aliphatic carbocycles. The summed E-state index contributed by atoms with van der Waals surface area (Å²) in [4.78, 5) is 17.6. The Hall–Kier alpha value is -3.29. The average Bonchev–Trinajstić information content (AvgIpc) is 2.72. The van der Waals surface area contributed by atoms with Gasteiger partial charge in [-0.1, -0.05) is 12.1 Å². The van der Waals surface area contributed by atoms with Crippen LogP contribution < -0.4 is 15.1 Å².